The fourth-order valence-electron chi connectivity index (χ4n) is 1.89. The highest BCUT2D eigenvalue weighted by molar-refractivity contribution is 7.99. The minimum atomic E-state index is -4.80. The third-order valence-corrected chi connectivity index (χ3v) is 4.02. The topological polar surface area (TPSA) is 38.3 Å². The van der Waals surface area contributed by atoms with Crippen molar-refractivity contribution in [3.05, 3.63) is 54.1 Å². The number of alkyl halides is 3. The van der Waals surface area contributed by atoms with Crippen LogP contribution in [0.25, 0.3) is 0 Å². The van der Waals surface area contributed by atoms with E-state index >= 15 is 0 Å². The predicted octanol–water partition coefficient (Wildman–Crippen LogP) is 5.01. The molecule has 7 heteroatoms. The Morgan fingerprint density at radius 3 is 2.46 bits per heavy atom. The molecule has 24 heavy (non-hydrogen) atoms. The third-order valence-electron chi connectivity index (χ3n) is 3.01. The summed E-state index contributed by atoms with van der Waals surface area (Å²) < 4.78 is 40.9. The van der Waals surface area contributed by atoms with Gasteiger partial charge in [-0.25, -0.2) is 0 Å². The van der Waals surface area contributed by atoms with Crippen LogP contribution in [0.15, 0.2) is 53.4 Å². The van der Waals surface area contributed by atoms with Crippen molar-refractivity contribution in [2.75, 3.05) is 11.1 Å². The molecule has 0 bridgehead atoms. The average Bonchev–Trinajstić information content (AvgIpc) is 2.50. The normalized spacial score (nSPS) is 11.2. The number of hydrogen-bond acceptors (Lipinski definition) is 3. The van der Waals surface area contributed by atoms with Crippen molar-refractivity contribution in [2.24, 2.45) is 0 Å². The lowest BCUT2D eigenvalue weighted by Gasteiger charge is -2.13. The lowest BCUT2D eigenvalue weighted by molar-refractivity contribution is -0.274. The van der Waals surface area contributed by atoms with Gasteiger partial charge in [0.25, 0.3) is 0 Å². The van der Waals surface area contributed by atoms with Crippen molar-refractivity contribution < 1.29 is 22.7 Å². The molecule has 0 fully saturated rings. The number of anilines is 1. The molecule has 0 radical (unpaired) electrons. The SMILES string of the molecule is Cc1ccc(SCCC(=O)Nc2ccccc2OC(F)(F)F)cc1. The first kappa shape index (κ1) is 18.2. The van der Waals surface area contributed by atoms with E-state index in [1.54, 1.807) is 0 Å². The van der Waals surface area contributed by atoms with Gasteiger partial charge in [-0.05, 0) is 31.2 Å². The van der Waals surface area contributed by atoms with Crippen molar-refractivity contribution >= 4 is 23.4 Å². The van der Waals surface area contributed by atoms with Gasteiger partial charge in [0.2, 0.25) is 5.91 Å². The zero-order chi connectivity index (χ0) is 17.6. The number of halogens is 3. The van der Waals surface area contributed by atoms with E-state index in [0.29, 0.717) is 5.75 Å². The monoisotopic (exact) mass is 355 g/mol. The lowest BCUT2D eigenvalue weighted by Crippen LogP contribution is -2.19. The largest absolute Gasteiger partial charge is 0.573 e. The molecule has 3 nitrogen and oxygen atoms in total. The highest BCUT2D eigenvalue weighted by Crippen LogP contribution is 2.30. The number of para-hydroxylation sites is 2. The minimum absolute atomic E-state index is 0.000149. The number of carbonyl (C=O) groups excluding carboxylic acids is 1. The molecular weight excluding hydrogens is 339 g/mol. The number of benzene rings is 2. The summed E-state index contributed by atoms with van der Waals surface area (Å²) in [5, 5.41) is 2.45. The summed E-state index contributed by atoms with van der Waals surface area (Å²) in [4.78, 5) is 12.9. The summed E-state index contributed by atoms with van der Waals surface area (Å²) in [5.41, 5.74) is 1.15. The van der Waals surface area contributed by atoms with Crippen LogP contribution in [-0.4, -0.2) is 18.0 Å². The molecule has 0 aliphatic rings. The molecule has 0 saturated heterocycles. The Balaban J connectivity index is 1.87. The highest BCUT2D eigenvalue weighted by atomic mass is 32.2. The molecule has 0 heterocycles. The number of aryl methyl sites for hydroxylation is 1. The van der Waals surface area contributed by atoms with Crippen LogP contribution < -0.4 is 10.1 Å². The number of amides is 1. The van der Waals surface area contributed by atoms with Crippen LogP contribution in [0.5, 0.6) is 5.75 Å². The van der Waals surface area contributed by atoms with Gasteiger partial charge in [-0.1, -0.05) is 29.8 Å². The zero-order valence-electron chi connectivity index (χ0n) is 12.9. The Kier molecular flexibility index (Phi) is 6.14. The molecule has 0 saturated carbocycles. The minimum Gasteiger partial charge on any atom is -0.404 e. The second-order valence-electron chi connectivity index (χ2n) is 5.00. The van der Waals surface area contributed by atoms with Crippen molar-refractivity contribution in [1.82, 2.24) is 0 Å². The van der Waals surface area contributed by atoms with Gasteiger partial charge in [-0.2, -0.15) is 0 Å². The maximum atomic E-state index is 12.3. The fraction of sp³-hybridized carbons (Fsp3) is 0.235. The number of ether oxygens (including phenoxy) is 1. The van der Waals surface area contributed by atoms with E-state index in [4.69, 9.17) is 0 Å². The van der Waals surface area contributed by atoms with Crippen molar-refractivity contribution in [3.8, 4) is 5.75 Å². The van der Waals surface area contributed by atoms with E-state index in [1.165, 1.54) is 30.0 Å². The van der Waals surface area contributed by atoms with Gasteiger partial charge in [-0.15, -0.1) is 24.9 Å². The van der Waals surface area contributed by atoms with E-state index in [2.05, 4.69) is 10.1 Å². The van der Waals surface area contributed by atoms with Crippen molar-refractivity contribution in [1.29, 1.82) is 0 Å². The molecule has 2 rings (SSSR count). The second kappa shape index (κ2) is 8.10. The van der Waals surface area contributed by atoms with Crippen LogP contribution in [0.3, 0.4) is 0 Å². The predicted molar refractivity (Wildman–Crippen MR) is 88.3 cm³/mol. The van der Waals surface area contributed by atoms with Crippen molar-refractivity contribution in [2.45, 2.75) is 24.6 Å². The summed E-state index contributed by atoms with van der Waals surface area (Å²) in [5.74, 6) is -0.269. The Morgan fingerprint density at radius 1 is 1.12 bits per heavy atom. The molecule has 0 unspecified atom stereocenters. The maximum Gasteiger partial charge on any atom is 0.573 e. The second-order valence-corrected chi connectivity index (χ2v) is 6.17. The first-order chi connectivity index (χ1) is 11.3. The smallest absolute Gasteiger partial charge is 0.404 e. The molecule has 0 aromatic heterocycles. The van der Waals surface area contributed by atoms with Crippen molar-refractivity contribution in [3.63, 3.8) is 0 Å². The highest BCUT2D eigenvalue weighted by Gasteiger charge is 2.32. The van der Waals surface area contributed by atoms with Gasteiger partial charge in [0.1, 0.15) is 0 Å². The summed E-state index contributed by atoms with van der Waals surface area (Å²) in [6.45, 7) is 1.99. The summed E-state index contributed by atoms with van der Waals surface area (Å²) in [7, 11) is 0. The average molecular weight is 355 g/mol. The van der Waals surface area contributed by atoms with E-state index in [0.717, 1.165) is 16.5 Å². The Labute approximate surface area is 142 Å². The van der Waals surface area contributed by atoms with Gasteiger partial charge in [-0.3, -0.25) is 4.79 Å². The lowest BCUT2D eigenvalue weighted by atomic mass is 10.2. The van der Waals surface area contributed by atoms with Crippen LogP contribution in [0, 0.1) is 6.92 Å². The standard InChI is InChI=1S/C17H16F3NO2S/c1-12-6-8-13(9-7-12)24-11-10-16(22)21-14-4-2-3-5-15(14)23-17(18,19)20/h2-9H,10-11H2,1H3,(H,21,22). The molecular formula is C17H16F3NO2S. The van der Waals surface area contributed by atoms with Crippen LogP contribution in [0.4, 0.5) is 18.9 Å². The number of nitrogens with one attached hydrogen (secondary N) is 1. The Bertz CT molecular complexity index is 687. The Hall–Kier alpha value is -2.15. The first-order valence-electron chi connectivity index (χ1n) is 7.17. The molecule has 1 amide bonds. The maximum absolute atomic E-state index is 12.3. The fourth-order valence-corrected chi connectivity index (χ4v) is 2.74. The number of carbonyl (C=O) groups is 1. The van der Waals surface area contributed by atoms with Gasteiger partial charge in [0.05, 0.1) is 5.69 Å². The molecule has 0 atom stereocenters. The van der Waals surface area contributed by atoms with E-state index in [1.807, 2.05) is 31.2 Å². The Morgan fingerprint density at radius 2 is 1.79 bits per heavy atom. The molecule has 2 aromatic carbocycles. The first-order valence-corrected chi connectivity index (χ1v) is 8.16. The van der Waals surface area contributed by atoms with Crippen LogP contribution in [0.2, 0.25) is 0 Å². The molecule has 2 aromatic rings. The quantitative estimate of drug-likeness (QED) is 0.740. The summed E-state index contributed by atoms with van der Waals surface area (Å²) >= 11 is 1.51. The van der Waals surface area contributed by atoms with Crippen LogP contribution in [-0.2, 0) is 4.79 Å². The van der Waals surface area contributed by atoms with Gasteiger partial charge in [0.15, 0.2) is 5.75 Å². The number of hydrogen-bond donors (Lipinski definition) is 1. The third kappa shape index (κ3) is 6.16. The number of thioether (sulfide) groups is 1. The van der Waals surface area contributed by atoms with Gasteiger partial charge < -0.3 is 10.1 Å². The van der Waals surface area contributed by atoms with E-state index in [9.17, 15) is 18.0 Å². The van der Waals surface area contributed by atoms with Crippen LogP contribution in [0.1, 0.15) is 12.0 Å². The van der Waals surface area contributed by atoms with E-state index < -0.39 is 12.1 Å². The number of rotatable bonds is 6. The molecule has 0 spiro atoms. The molecule has 0 aliphatic carbocycles. The zero-order valence-corrected chi connectivity index (χ0v) is 13.7. The van der Waals surface area contributed by atoms with Crippen LogP contribution >= 0.6 is 11.8 Å². The molecule has 1 N–H and O–H groups in total. The molecule has 128 valence electrons. The van der Waals surface area contributed by atoms with Gasteiger partial charge >= 0.3 is 6.36 Å². The summed E-state index contributed by atoms with van der Waals surface area (Å²) in [6, 6.07) is 13.3. The van der Waals surface area contributed by atoms with E-state index in [-0.39, 0.29) is 18.0 Å². The molecule has 0 aliphatic heterocycles. The summed E-state index contributed by atoms with van der Waals surface area (Å²) in [6.07, 6.45) is -4.62. The van der Waals surface area contributed by atoms with Gasteiger partial charge in [0, 0.05) is 17.1 Å².